The van der Waals surface area contributed by atoms with Gasteiger partial charge >= 0.3 is 0 Å². The predicted octanol–water partition coefficient (Wildman–Crippen LogP) is 5.74. The van der Waals surface area contributed by atoms with E-state index in [4.69, 9.17) is 0 Å². The molecule has 0 amide bonds. The highest BCUT2D eigenvalue weighted by atomic mass is 14.9. The molecule has 2 atom stereocenters. The second-order valence-corrected chi connectivity index (χ2v) is 7.43. The first-order valence-electron chi connectivity index (χ1n) is 8.79. The average molecular weight is 295 g/mol. The van der Waals surface area contributed by atoms with Gasteiger partial charge in [-0.15, -0.1) is 0 Å². The van der Waals surface area contributed by atoms with E-state index in [1.807, 2.05) is 0 Å². The molecule has 0 saturated heterocycles. The van der Waals surface area contributed by atoms with Crippen molar-refractivity contribution in [2.45, 2.75) is 46.5 Å². The Labute approximate surface area is 135 Å². The molecule has 1 heteroatoms. The smallest absolute Gasteiger partial charge is 0.0480 e. The van der Waals surface area contributed by atoms with Crippen molar-refractivity contribution in [1.29, 1.82) is 0 Å². The van der Waals surface area contributed by atoms with E-state index in [0.29, 0.717) is 0 Å². The number of fused-ring (bicyclic) bond motifs is 1. The zero-order chi connectivity index (χ0) is 15.7. The van der Waals surface area contributed by atoms with Crippen molar-refractivity contribution in [2.24, 2.45) is 24.8 Å². The molecule has 1 aliphatic carbocycles. The zero-order valence-electron chi connectivity index (χ0n) is 14.5. The van der Waals surface area contributed by atoms with Gasteiger partial charge in [-0.25, -0.2) is 0 Å². The molecule has 1 aromatic heterocycles. The third kappa shape index (κ3) is 2.99. The third-order valence-electron chi connectivity index (χ3n) is 5.38. The van der Waals surface area contributed by atoms with Gasteiger partial charge < -0.3 is 4.57 Å². The van der Waals surface area contributed by atoms with E-state index >= 15 is 0 Å². The maximum absolute atomic E-state index is 2.57. The van der Waals surface area contributed by atoms with Crippen LogP contribution in [0.5, 0.6) is 0 Å². The molecule has 22 heavy (non-hydrogen) atoms. The average Bonchev–Trinajstić information content (AvgIpc) is 2.82. The van der Waals surface area contributed by atoms with Gasteiger partial charge in [0.05, 0.1) is 0 Å². The van der Waals surface area contributed by atoms with Crippen molar-refractivity contribution >= 4 is 10.9 Å². The van der Waals surface area contributed by atoms with Crippen LogP contribution >= 0.6 is 0 Å². The second-order valence-electron chi connectivity index (χ2n) is 7.43. The number of rotatable bonds is 4. The van der Waals surface area contributed by atoms with Gasteiger partial charge in [-0.3, -0.25) is 0 Å². The largest absolute Gasteiger partial charge is 0.350 e. The zero-order valence-corrected chi connectivity index (χ0v) is 14.5. The molecular weight excluding hydrogens is 266 g/mol. The Kier molecular flexibility index (Phi) is 4.42. The van der Waals surface area contributed by atoms with Crippen molar-refractivity contribution in [3.63, 3.8) is 0 Å². The van der Waals surface area contributed by atoms with Crippen LogP contribution in [0.1, 0.15) is 45.6 Å². The molecule has 0 saturated carbocycles. The minimum atomic E-state index is 0.762. The quantitative estimate of drug-likeness (QED) is 0.634. The Morgan fingerprint density at radius 3 is 2.68 bits per heavy atom. The molecule has 2 aromatic rings. The second kappa shape index (κ2) is 6.32. The van der Waals surface area contributed by atoms with E-state index in [9.17, 15) is 0 Å². The predicted molar refractivity (Wildman–Crippen MR) is 96.0 cm³/mol. The molecule has 3 rings (SSSR count). The number of nitrogens with zero attached hydrogens (tertiary/aromatic N) is 1. The van der Waals surface area contributed by atoms with Crippen molar-refractivity contribution in [3.05, 3.63) is 47.7 Å². The lowest BCUT2D eigenvalue weighted by Gasteiger charge is -2.30. The maximum Gasteiger partial charge on any atom is 0.0480 e. The summed E-state index contributed by atoms with van der Waals surface area (Å²) in [7, 11) is 2.16. The number of benzene rings is 1. The summed E-state index contributed by atoms with van der Waals surface area (Å²) in [5.74, 6) is 2.33. The normalized spacial score (nSPS) is 22.3. The molecule has 0 unspecified atom stereocenters. The summed E-state index contributed by atoms with van der Waals surface area (Å²) in [5, 5.41) is 1.43. The van der Waals surface area contributed by atoms with Crippen LogP contribution in [0.15, 0.2) is 42.1 Å². The Morgan fingerprint density at radius 2 is 1.91 bits per heavy atom. The van der Waals surface area contributed by atoms with Crippen LogP contribution in [0.4, 0.5) is 0 Å². The summed E-state index contributed by atoms with van der Waals surface area (Å²) in [6.45, 7) is 7.13. The fraction of sp³-hybridized carbons (Fsp3) is 0.524. The lowest BCUT2D eigenvalue weighted by atomic mass is 9.75. The first-order valence-corrected chi connectivity index (χ1v) is 8.79. The van der Waals surface area contributed by atoms with Gasteiger partial charge in [-0.2, -0.15) is 0 Å². The van der Waals surface area contributed by atoms with Gasteiger partial charge in [0.25, 0.3) is 0 Å². The summed E-state index contributed by atoms with van der Waals surface area (Å²) in [6, 6.07) is 8.77. The van der Waals surface area contributed by atoms with Crippen molar-refractivity contribution in [3.8, 4) is 0 Å². The molecule has 0 aliphatic heterocycles. The Bertz CT molecular complexity index is 674. The summed E-state index contributed by atoms with van der Waals surface area (Å²) >= 11 is 0. The van der Waals surface area contributed by atoms with Crippen molar-refractivity contribution in [2.75, 3.05) is 0 Å². The number of allylic oxidation sites excluding steroid dienone is 2. The molecule has 0 N–H and O–H groups in total. The molecular formula is C21H29N. The summed E-state index contributed by atoms with van der Waals surface area (Å²) in [6.07, 6.45) is 10.0. The van der Waals surface area contributed by atoms with Crippen LogP contribution in [-0.2, 0) is 13.5 Å². The van der Waals surface area contributed by atoms with Gasteiger partial charge in [-0.1, -0.05) is 50.6 Å². The van der Waals surface area contributed by atoms with E-state index < -0.39 is 0 Å². The first kappa shape index (κ1) is 15.4. The third-order valence-corrected chi connectivity index (χ3v) is 5.38. The molecule has 1 aliphatic rings. The topological polar surface area (TPSA) is 4.93 Å². The highest BCUT2D eigenvalue weighted by molar-refractivity contribution is 5.83. The molecule has 0 fully saturated rings. The van der Waals surface area contributed by atoms with Gasteiger partial charge in [-0.05, 0) is 55.1 Å². The van der Waals surface area contributed by atoms with Crippen molar-refractivity contribution < 1.29 is 0 Å². The summed E-state index contributed by atoms with van der Waals surface area (Å²) in [5.41, 5.74) is 4.56. The summed E-state index contributed by atoms with van der Waals surface area (Å²) in [4.78, 5) is 0. The number of para-hydroxylation sites is 1. The number of hydrogen-bond acceptors (Lipinski definition) is 0. The summed E-state index contributed by atoms with van der Waals surface area (Å²) < 4.78 is 2.27. The molecule has 1 nitrogen and oxygen atoms in total. The highest BCUT2D eigenvalue weighted by Crippen LogP contribution is 2.36. The monoisotopic (exact) mass is 295 g/mol. The lowest BCUT2D eigenvalue weighted by Crippen LogP contribution is -2.18. The first-order chi connectivity index (χ1) is 10.6. The van der Waals surface area contributed by atoms with E-state index in [0.717, 1.165) is 17.8 Å². The molecule has 1 heterocycles. The van der Waals surface area contributed by atoms with E-state index in [2.05, 4.69) is 68.9 Å². The molecule has 1 aromatic carbocycles. The number of aromatic nitrogens is 1. The Morgan fingerprint density at radius 1 is 1.14 bits per heavy atom. The van der Waals surface area contributed by atoms with Crippen molar-refractivity contribution in [1.82, 2.24) is 4.57 Å². The number of hydrogen-bond donors (Lipinski definition) is 0. The fourth-order valence-electron chi connectivity index (χ4n) is 4.13. The van der Waals surface area contributed by atoms with Crippen LogP contribution in [0.2, 0.25) is 0 Å². The van der Waals surface area contributed by atoms with Crippen LogP contribution in [0, 0.1) is 17.8 Å². The SMILES string of the molecule is CC(C)[C@@H]1CC[C@@H](C)C=C1CCc1cn(C)c2ccccc12. The van der Waals surface area contributed by atoms with Crippen LogP contribution in [-0.4, -0.2) is 4.57 Å². The van der Waals surface area contributed by atoms with Crippen LogP contribution < -0.4 is 0 Å². The van der Waals surface area contributed by atoms with E-state index in [1.165, 1.54) is 42.1 Å². The van der Waals surface area contributed by atoms with Gasteiger partial charge in [0.1, 0.15) is 0 Å². The maximum atomic E-state index is 2.57. The Balaban J connectivity index is 1.81. The molecule has 118 valence electrons. The highest BCUT2D eigenvalue weighted by Gasteiger charge is 2.23. The van der Waals surface area contributed by atoms with E-state index in [-0.39, 0.29) is 0 Å². The minimum Gasteiger partial charge on any atom is -0.350 e. The van der Waals surface area contributed by atoms with E-state index in [1.54, 1.807) is 5.57 Å². The molecule has 0 bridgehead atoms. The minimum absolute atomic E-state index is 0.762. The van der Waals surface area contributed by atoms with Crippen LogP contribution in [0.25, 0.3) is 10.9 Å². The number of aryl methyl sites for hydroxylation is 2. The van der Waals surface area contributed by atoms with Crippen LogP contribution in [0.3, 0.4) is 0 Å². The standard InChI is InChI=1S/C21H29N/c1-15(2)19-12-9-16(3)13-17(19)10-11-18-14-22(4)21-8-6-5-7-20(18)21/h5-8,13-16,19H,9-12H2,1-4H3/t16-,19+/m1/s1. The lowest BCUT2D eigenvalue weighted by molar-refractivity contribution is 0.353. The fourth-order valence-corrected chi connectivity index (χ4v) is 4.13. The van der Waals surface area contributed by atoms with Gasteiger partial charge in [0, 0.05) is 24.1 Å². The van der Waals surface area contributed by atoms with Gasteiger partial charge in [0.2, 0.25) is 0 Å². The Hall–Kier alpha value is -1.50. The molecule has 0 spiro atoms. The molecule has 0 radical (unpaired) electrons. The van der Waals surface area contributed by atoms with Gasteiger partial charge in [0.15, 0.2) is 0 Å².